The Labute approximate surface area is 175 Å². The zero-order valence-electron chi connectivity index (χ0n) is 17.1. The van der Waals surface area contributed by atoms with Gasteiger partial charge in [-0.1, -0.05) is 0 Å². The first-order chi connectivity index (χ1) is 14.3. The molecule has 0 aliphatic heterocycles. The Morgan fingerprint density at radius 3 is 2.23 bits per heavy atom. The lowest BCUT2D eigenvalue weighted by Crippen LogP contribution is -2.19. The Morgan fingerprint density at radius 2 is 1.71 bits per heavy atom. The smallest absolute Gasteiger partial charge is 0.416 e. The molecule has 1 aromatic carbocycles. The van der Waals surface area contributed by atoms with E-state index in [1.165, 1.54) is 13.8 Å². The number of methoxy groups -OCH3 is 1. The van der Waals surface area contributed by atoms with Crippen molar-refractivity contribution >= 4 is 34.9 Å². The fraction of sp³-hybridized carbons (Fsp3) is 0.300. The number of amides is 2. The molecule has 2 amide bonds. The summed E-state index contributed by atoms with van der Waals surface area (Å²) < 4.78 is 43.9. The lowest BCUT2D eigenvalue weighted by atomic mass is 10.1. The minimum absolute atomic E-state index is 0.00558. The van der Waals surface area contributed by atoms with Gasteiger partial charge in [0.1, 0.15) is 0 Å². The number of hydrogen-bond acceptors (Lipinski definition) is 5. The monoisotopic (exact) mass is 439 g/mol. The minimum atomic E-state index is -4.67. The summed E-state index contributed by atoms with van der Waals surface area (Å²) in [4.78, 5) is 50.5. The van der Waals surface area contributed by atoms with Gasteiger partial charge in [0.2, 0.25) is 11.8 Å². The Morgan fingerprint density at radius 1 is 1.06 bits per heavy atom. The highest BCUT2D eigenvalue weighted by Gasteiger charge is 2.31. The van der Waals surface area contributed by atoms with Crippen LogP contribution in [0.4, 0.5) is 24.5 Å². The number of aromatic nitrogens is 1. The summed E-state index contributed by atoms with van der Waals surface area (Å²) >= 11 is 0. The topological polar surface area (TPSA) is 117 Å². The highest BCUT2D eigenvalue weighted by atomic mass is 19.4. The van der Waals surface area contributed by atoms with Gasteiger partial charge in [-0.3, -0.25) is 14.4 Å². The molecule has 3 N–H and O–H groups in total. The maximum Gasteiger partial charge on any atom is 0.416 e. The molecule has 0 bridgehead atoms. The van der Waals surface area contributed by atoms with Crippen LogP contribution in [0.2, 0.25) is 0 Å². The number of carbonyl (C=O) groups is 4. The highest BCUT2D eigenvalue weighted by molar-refractivity contribution is 6.03. The van der Waals surface area contributed by atoms with Crippen LogP contribution in [0.5, 0.6) is 0 Å². The van der Waals surface area contributed by atoms with E-state index in [4.69, 9.17) is 4.74 Å². The third kappa shape index (κ3) is 5.50. The van der Waals surface area contributed by atoms with E-state index in [1.54, 1.807) is 0 Å². The van der Waals surface area contributed by atoms with Gasteiger partial charge in [0, 0.05) is 19.5 Å². The molecule has 1 aromatic heterocycles. The molecule has 0 fully saturated rings. The fourth-order valence-electron chi connectivity index (χ4n) is 3.00. The lowest BCUT2D eigenvalue weighted by molar-refractivity contribution is -0.137. The Bertz CT molecular complexity index is 1060. The maximum absolute atomic E-state index is 13.1. The van der Waals surface area contributed by atoms with Crippen molar-refractivity contribution in [2.75, 3.05) is 17.7 Å². The van der Waals surface area contributed by atoms with Gasteiger partial charge >= 0.3 is 12.1 Å². The third-order valence-corrected chi connectivity index (χ3v) is 4.34. The summed E-state index contributed by atoms with van der Waals surface area (Å²) in [6.07, 6.45) is -5.13. The van der Waals surface area contributed by atoms with Crippen LogP contribution in [0.15, 0.2) is 18.2 Å². The van der Waals surface area contributed by atoms with Gasteiger partial charge in [-0.05, 0) is 30.7 Å². The first kappa shape index (κ1) is 23.6. The average molecular weight is 439 g/mol. The molecular formula is C20H20F3N3O5. The predicted octanol–water partition coefficient (Wildman–Crippen LogP) is 3.47. The molecule has 0 spiro atoms. The Balaban J connectivity index is 2.40. The van der Waals surface area contributed by atoms with Gasteiger partial charge in [0.05, 0.1) is 41.7 Å². The number of alkyl halides is 3. The van der Waals surface area contributed by atoms with E-state index in [0.717, 1.165) is 26.2 Å². The van der Waals surface area contributed by atoms with E-state index in [0.29, 0.717) is 11.6 Å². The number of hydrogen-bond donors (Lipinski definition) is 3. The Hall–Kier alpha value is -3.63. The number of benzene rings is 1. The number of halogens is 3. The number of Topliss-reactive ketones (excluding diaryl/α,β-unsaturated/α-hetero) is 1. The quantitative estimate of drug-likeness (QED) is 0.471. The molecule has 2 rings (SSSR count). The number of aromatic amines is 1. The van der Waals surface area contributed by atoms with Crippen molar-refractivity contribution in [2.24, 2.45) is 0 Å². The molecule has 8 nitrogen and oxygen atoms in total. The molecule has 0 aliphatic rings. The van der Waals surface area contributed by atoms with Crippen LogP contribution in [0.25, 0.3) is 0 Å². The van der Waals surface area contributed by atoms with E-state index in [-0.39, 0.29) is 34.1 Å². The van der Waals surface area contributed by atoms with Gasteiger partial charge in [0.15, 0.2) is 5.78 Å². The van der Waals surface area contributed by atoms with Gasteiger partial charge in [0.25, 0.3) is 0 Å². The molecule has 1 heterocycles. The lowest BCUT2D eigenvalue weighted by Gasteiger charge is -2.15. The van der Waals surface area contributed by atoms with Gasteiger partial charge in [-0.25, -0.2) is 4.79 Å². The summed E-state index contributed by atoms with van der Waals surface area (Å²) in [6, 6.07) is 2.47. The molecule has 0 aliphatic carbocycles. The van der Waals surface area contributed by atoms with Crippen LogP contribution < -0.4 is 10.6 Å². The summed E-state index contributed by atoms with van der Waals surface area (Å²) in [5.41, 5.74) is -0.865. The van der Waals surface area contributed by atoms with Crippen molar-refractivity contribution < 1.29 is 37.1 Å². The van der Waals surface area contributed by atoms with Crippen molar-refractivity contribution in [3.63, 3.8) is 0 Å². The van der Waals surface area contributed by atoms with Crippen LogP contribution in [0.1, 0.15) is 51.5 Å². The van der Waals surface area contributed by atoms with Gasteiger partial charge in [-0.15, -0.1) is 0 Å². The van der Waals surface area contributed by atoms with Crippen LogP contribution >= 0.6 is 0 Å². The highest BCUT2D eigenvalue weighted by Crippen LogP contribution is 2.34. The van der Waals surface area contributed by atoms with E-state index >= 15 is 0 Å². The summed E-state index contributed by atoms with van der Waals surface area (Å²) in [7, 11) is 1.13. The van der Waals surface area contributed by atoms with E-state index in [1.807, 2.05) is 0 Å². The number of ketones is 1. The molecule has 0 saturated heterocycles. The first-order valence-electron chi connectivity index (χ1n) is 8.94. The van der Waals surface area contributed by atoms with Crippen molar-refractivity contribution in [3.05, 3.63) is 46.3 Å². The molecule has 2 aromatic rings. The number of nitrogens with one attached hydrogen (secondary N) is 3. The molecule has 0 unspecified atom stereocenters. The molecule has 31 heavy (non-hydrogen) atoms. The van der Waals surface area contributed by atoms with E-state index in [9.17, 15) is 32.3 Å². The average Bonchev–Trinajstić information content (AvgIpc) is 2.97. The van der Waals surface area contributed by atoms with Gasteiger partial charge in [-0.2, -0.15) is 13.2 Å². The predicted molar refractivity (Wildman–Crippen MR) is 105 cm³/mol. The minimum Gasteiger partial charge on any atom is -0.465 e. The first-order valence-corrected chi connectivity index (χ1v) is 8.94. The fourth-order valence-corrected chi connectivity index (χ4v) is 3.00. The Kier molecular flexibility index (Phi) is 6.88. The number of ether oxygens (including phenoxy) is 1. The molecular weight excluding hydrogens is 419 g/mol. The molecule has 0 saturated carbocycles. The van der Waals surface area contributed by atoms with E-state index in [2.05, 4.69) is 15.6 Å². The van der Waals surface area contributed by atoms with Crippen LogP contribution in [0, 0.1) is 6.92 Å². The van der Waals surface area contributed by atoms with Crippen LogP contribution in [0.3, 0.4) is 0 Å². The second kappa shape index (κ2) is 9.02. The SMILES string of the molecule is COC(=O)c1c(CC(=O)Nc2cc(C(F)(F)F)ccc2NC(C)=O)[nH]c(C(C)=O)c1C. The standard InChI is InChI=1S/C20H20F3N3O5/c1-9-17(19(30)31-4)15(26-18(9)10(2)27)8-16(29)25-14-7-12(20(21,22)23)5-6-13(14)24-11(3)28/h5-7,26H,8H2,1-4H3,(H,24,28)(H,25,29). The zero-order chi connectivity index (χ0) is 23.5. The van der Waals surface area contributed by atoms with Crippen LogP contribution in [-0.2, 0) is 26.9 Å². The second-order valence-electron chi connectivity index (χ2n) is 6.69. The number of H-pyrrole nitrogens is 1. The van der Waals surface area contributed by atoms with Crippen molar-refractivity contribution in [3.8, 4) is 0 Å². The summed E-state index contributed by atoms with van der Waals surface area (Å²) in [5, 5.41) is 4.65. The van der Waals surface area contributed by atoms with Crippen molar-refractivity contribution in [2.45, 2.75) is 33.4 Å². The molecule has 0 radical (unpaired) electrons. The maximum atomic E-state index is 13.1. The largest absolute Gasteiger partial charge is 0.465 e. The van der Waals surface area contributed by atoms with Crippen molar-refractivity contribution in [1.82, 2.24) is 4.98 Å². The van der Waals surface area contributed by atoms with Gasteiger partial charge < -0.3 is 20.4 Å². The molecule has 0 atom stereocenters. The number of esters is 1. The molecule has 11 heteroatoms. The van der Waals surface area contributed by atoms with E-state index < -0.39 is 35.9 Å². The van der Waals surface area contributed by atoms with Crippen molar-refractivity contribution in [1.29, 1.82) is 0 Å². The number of rotatable bonds is 6. The number of anilines is 2. The molecule has 166 valence electrons. The summed E-state index contributed by atoms with van der Waals surface area (Å²) in [5.74, 6) is -2.48. The normalized spacial score (nSPS) is 11.1. The van der Waals surface area contributed by atoms with Crippen LogP contribution in [-0.4, -0.2) is 35.7 Å². The summed E-state index contributed by atoms with van der Waals surface area (Å²) in [6.45, 7) is 3.94. The zero-order valence-corrected chi connectivity index (χ0v) is 17.1. The third-order valence-electron chi connectivity index (χ3n) is 4.34. The number of carbonyl (C=O) groups excluding carboxylic acids is 4. The second-order valence-corrected chi connectivity index (χ2v) is 6.69.